The summed E-state index contributed by atoms with van der Waals surface area (Å²) >= 11 is 0. The predicted octanol–water partition coefficient (Wildman–Crippen LogP) is 0.511. The van der Waals surface area contributed by atoms with E-state index in [0.29, 0.717) is 6.04 Å². The number of nitrogens with zero attached hydrogens (tertiary/aromatic N) is 3. The molecule has 2 aliphatic rings. The van der Waals surface area contributed by atoms with Gasteiger partial charge in [0.15, 0.2) is 12.1 Å². The molecule has 2 heterocycles. The van der Waals surface area contributed by atoms with E-state index in [1.807, 2.05) is 6.33 Å². The number of allylic oxidation sites excluding steroid dienone is 1. The van der Waals surface area contributed by atoms with Gasteiger partial charge >= 0.3 is 5.65 Å². The molecule has 0 saturated heterocycles. The molecule has 7 nitrogen and oxygen atoms in total. The predicted molar refractivity (Wildman–Crippen MR) is 78.5 cm³/mol. The van der Waals surface area contributed by atoms with E-state index < -0.39 is 0 Å². The quantitative estimate of drug-likeness (QED) is 0.484. The van der Waals surface area contributed by atoms with E-state index in [4.69, 9.17) is 5.73 Å². The minimum absolute atomic E-state index is 0.182. The van der Waals surface area contributed by atoms with Crippen molar-refractivity contribution < 1.29 is 9.67 Å². The number of nitrogens with two attached hydrogens (primary N) is 1. The molecule has 110 valence electrons. The third-order valence-electron chi connectivity index (χ3n) is 4.16. The van der Waals surface area contributed by atoms with Gasteiger partial charge < -0.3 is 16.2 Å². The van der Waals surface area contributed by atoms with Crippen LogP contribution in [0.3, 0.4) is 0 Å². The standard InChI is InChI=1S/C14H18N6O/c15-14-18-12(17-9-2-3-9)11-13(19-14)20(7-16-11)10-4-1-8(5-10)6-21/h1,4,7-10,21H,2-3,5-6H2,(H3,15,17,18,19)/p+1/t8-,10?/m0/s1. The molecule has 7 heteroatoms. The minimum atomic E-state index is 0.182. The third-order valence-corrected chi connectivity index (χ3v) is 4.16. The Balaban J connectivity index is 1.73. The van der Waals surface area contributed by atoms with Gasteiger partial charge in [-0.05, 0) is 19.3 Å². The molecule has 2 aromatic rings. The van der Waals surface area contributed by atoms with Gasteiger partial charge in [-0.25, -0.2) is 4.57 Å². The van der Waals surface area contributed by atoms with Crippen molar-refractivity contribution in [2.24, 2.45) is 5.92 Å². The summed E-state index contributed by atoms with van der Waals surface area (Å²) in [5.74, 6) is 1.27. The number of hydrogen-bond acceptors (Lipinski definition) is 5. The number of aliphatic hydroxyl groups is 1. The Bertz CT molecular complexity index is 705. The maximum absolute atomic E-state index is 9.26. The smallest absolute Gasteiger partial charge is 0.310 e. The Morgan fingerprint density at radius 2 is 2.24 bits per heavy atom. The summed E-state index contributed by atoms with van der Waals surface area (Å²) in [6.45, 7) is 0.182. The summed E-state index contributed by atoms with van der Waals surface area (Å²) in [6.07, 6.45) is 9.31. The van der Waals surface area contributed by atoms with E-state index >= 15 is 0 Å². The summed E-state index contributed by atoms with van der Waals surface area (Å²) in [5.41, 5.74) is 7.54. The number of H-pyrrole nitrogens is 1. The highest BCUT2D eigenvalue weighted by molar-refractivity contribution is 5.81. The summed E-state index contributed by atoms with van der Waals surface area (Å²) in [4.78, 5) is 11.9. The van der Waals surface area contributed by atoms with Crippen LogP contribution >= 0.6 is 0 Å². The van der Waals surface area contributed by atoms with Crippen molar-refractivity contribution >= 4 is 22.9 Å². The van der Waals surface area contributed by atoms with Crippen LogP contribution in [0.25, 0.3) is 11.2 Å². The highest BCUT2D eigenvalue weighted by atomic mass is 16.3. The topological polar surface area (TPSA) is 104 Å². The van der Waals surface area contributed by atoms with Crippen LogP contribution in [0.15, 0.2) is 18.5 Å². The molecule has 21 heavy (non-hydrogen) atoms. The molecule has 2 aliphatic carbocycles. The minimum Gasteiger partial charge on any atom is -0.396 e. The van der Waals surface area contributed by atoms with Crippen LogP contribution in [0.1, 0.15) is 25.3 Å². The summed E-state index contributed by atoms with van der Waals surface area (Å²) in [6, 6.07) is 0.698. The lowest BCUT2D eigenvalue weighted by atomic mass is 10.1. The third kappa shape index (κ3) is 2.23. The van der Waals surface area contributed by atoms with Crippen molar-refractivity contribution in [1.29, 1.82) is 0 Å². The number of aromatic amines is 1. The van der Waals surface area contributed by atoms with E-state index in [1.165, 1.54) is 12.8 Å². The maximum atomic E-state index is 9.26. The van der Waals surface area contributed by atoms with Gasteiger partial charge in [-0.15, -0.1) is 0 Å². The summed E-state index contributed by atoms with van der Waals surface area (Å²) in [5, 5.41) is 12.7. The first-order chi connectivity index (χ1) is 10.2. The molecule has 0 bridgehead atoms. The van der Waals surface area contributed by atoms with E-state index in [9.17, 15) is 5.11 Å². The van der Waals surface area contributed by atoms with Crippen LogP contribution in [-0.4, -0.2) is 32.7 Å². The van der Waals surface area contributed by atoms with Crippen molar-refractivity contribution in [3.8, 4) is 0 Å². The van der Waals surface area contributed by atoms with Crippen LogP contribution in [0, 0.1) is 5.92 Å². The zero-order chi connectivity index (χ0) is 14.4. The number of rotatable bonds is 4. The van der Waals surface area contributed by atoms with Crippen LogP contribution in [0.5, 0.6) is 0 Å². The molecule has 0 aromatic carbocycles. The van der Waals surface area contributed by atoms with Gasteiger partial charge in [-0.3, -0.25) is 4.98 Å². The Hall–Kier alpha value is -2.15. The van der Waals surface area contributed by atoms with Crippen molar-refractivity contribution in [3.63, 3.8) is 0 Å². The summed E-state index contributed by atoms with van der Waals surface area (Å²) in [7, 11) is 0. The Kier molecular flexibility index (Phi) is 2.81. The molecule has 1 unspecified atom stereocenters. The fourth-order valence-electron chi connectivity index (χ4n) is 2.85. The number of hydrogen-bond donors (Lipinski definition) is 4. The van der Waals surface area contributed by atoms with Crippen molar-refractivity contribution in [2.45, 2.75) is 31.3 Å². The van der Waals surface area contributed by atoms with Gasteiger partial charge in [0.25, 0.3) is 5.95 Å². The number of imidazole rings is 1. The lowest BCUT2D eigenvalue weighted by molar-refractivity contribution is -0.689. The molecule has 0 aliphatic heterocycles. The Morgan fingerprint density at radius 3 is 2.95 bits per heavy atom. The largest absolute Gasteiger partial charge is 0.396 e. The number of fused-ring (bicyclic) bond motifs is 1. The van der Waals surface area contributed by atoms with Gasteiger partial charge in [-0.2, -0.15) is 4.98 Å². The van der Waals surface area contributed by atoms with Gasteiger partial charge in [-0.1, -0.05) is 17.1 Å². The van der Waals surface area contributed by atoms with Gasteiger partial charge in [0.2, 0.25) is 5.52 Å². The van der Waals surface area contributed by atoms with Crippen LogP contribution in [0.4, 0.5) is 11.8 Å². The number of nitrogen functional groups attached to an aromatic ring is 1. The molecule has 0 amide bonds. The fourth-order valence-corrected chi connectivity index (χ4v) is 2.85. The normalized spacial score (nSPS) is 24.8. The average Bonchev–Trinajstić information content (AvgIpc) is 3.01. The zero-order valence-electron chi connectivity index (χ0n) is 11.7. The second-order valence-corrected chi connectivity index (χ2v) is 5.86. The van der Waals surface area contributed by atoms with E-state index in [2.05, 4.69) is 37.0 Å². The maximum Gasteiger partial charge on any atom is 0.310 e. The van der Waals surface area contributed by atoms with Crippen molar-refractivity contribution in [2.75, 3.05) is 17.7 Å². The van der Waals surface area contributed by atoms with E-state index in [-0.39, 0.29) is 24.5 Å². The molecule has 2 atom stereocenters. The van der Waals surface area contributed by atoms with Crippen LogP contribution in [-0.2, 0) is 0 Å². The monoisotopic (exact) mass is 287 g/mol. The average molecular weight is 287 g/mol. The highest BCUT2D eigenvalue weighted by Gasteiger charge is 2.29. The number of anilines is 2. The van der Waals surface area contributed by atoms with Gasteiger partial charge in [0.05, 0.1) is 0 Å². The first kappa shape index (κ1) is 12.6. The summed E-state index contributed by atoms with van der Waals surface area (Å²) < 4.78 is 2.07. The number of aromatic nitrogens is 4. The van der Waals surface area contributed by atoms with Crippen LogP contribution in [0.2, 0.25) is 0 Å². The molecule has 0 radical (unpaired) electrons. The first-order valence-electron chi connectivity index (χ1n) is 7.36. The molecule has 1 saturated carbocycles. The van der Waals surface area contributed by atoms with Gasteiger partial charge in [0.1, 0.15) is 6.04 Å². The van der Waals surface area contributed by atoms with Crippen molar-refractivity contribution in [1.82, 2.24) is 15.0 Å². The molecule has 0 spiro atoms. The lowest BCUT2D eigenvalue weighted by Gasteiger charge is -2.08. The highest BCUT2D eigenvalue weighted by Crippen LogP contribution is 2.28. The number of nitrogens with one attached hydrogen (secondary N) is 2. The molecule has 5 N–H and O–H groups in total. The Morgan fingerprint density at radius 1 is 1.38 bits per heavy atom. The van der Waals surface area contributed by atoms with E-state index in [0.717, 1.165) is 23.4 Å². The Labute approximate surface area is 121 Å². The SMILES string of the molecule is Nc1nc(NC2CC2)c2[nH]c[n+](C3C=C[C@H](CO)C3)c2n1. The van der Waals surface area contributed by atoms with Crippen molar-refractivity contribution in [3.05, 3.63) is 18.5 Å². The number of aliphatic hydroxyl groups excluding tert-OH is 1. The fraction of sp³-hybridized carbons (Fsp3) is 0.500. The lowest BCUT2D eigenvalue weighted by Crippen LogP contribution is -2.37. The van der Waals surface area contributed by atoms with E-state index in [1.54, 1.807) is 0 Å². The zero-order valence-corrected chi connectivity index (χ0v) is 11.7. The molecule has 2 aromatic heterocycles. The molecular weight excluding hydrogens is 268 g/mol. The second-order valence-electron chi connectivity index (χ2n) is 5.86. The second kappa shape index (κ2) is 4.70. The molecule has 4 rings (SSSR count). The van der Waals surface area contributed by atoms with Gasteiger partial charge in [0, 0.05) is 18.6 Å². The van der Waals surface area contributed by atoms with Crippen LogP contribution < -0.4 is 15.6 Å². The molecular formula is C14H19N6O+. The first-order valence-corrected chi connectivity index (χ1v) is 7.36. The molecule has 1 fully saturated rings.